The van der Waals surface area contributed by atoms with Crippen LogP contribution in [0, 0.1) is 11.3 Å². The van der Waals surface area contributed by atoms with Crippen LogP contribution in [0.25, 0.3) is 0 Å². The highest BCUT2D eigenvalue weighted by atomic mass is 31.2. The van der Waals surface area contributed by atoms with Crippen molar-refractivity contribution in [2.45, 2.75) is 31.3 Å². The summed E-state index contributed by atoms with van der Waals surface area (Å²) in [6.07, 6.45) is 2.31. The van der Waals surface area contributed by atoms with Crippen molar-refractivity contribution in [2.75, 3.05) is 6.61 Å². The number of nitriles is 1. The Labute approximate surface area is 102 Å². The second-order valence-electron chi connectivity index (χ2n) is 4.30. The number of rotatable bonds is 4. The number of hydrogen-bond donors (Lipinski definition) is 0. The summed E-state index contributed by atoms with van der Waals surface area (Å²) in [5, 5.41) is 9.24. The molecule has 3 nitrogen and oxygen atoms in total. The topological polar surface area (TPSA) is 50.1 Å². The maximum Gasteiger partial charge on any atom is 0.251 e. The summed E-state index contributed by atoms with van der Waals surface area (Å²) < 4.78 is 18.7. The van der Waals surface area contributed by atoms with Crippen LogP contribution in [0.1, 0.15) is 26.2 Å². The van der Waals surface area contributed by atoms with E-state index in [2.05, 4.69) is 6.07 Å². The van der Waals surface area contributed by atoms with Gasteiger partial charge in [-0.15, -0.1) is 0 Å². The Morgan fingerprint density at radius 3 is 2.47 bits per heavy atom. The lowest BCUT2D eigenvalue weighted by atomic mass is 9.86. The zero-order valence-electron chi connectivity index (χ0n) is 9.93. The monoisotopic (exact) mass is 249 g/mol. The lowest BCUT2D eigenvalue weighted by Crippen LogP contribution is -2.39. The van der Waals surface area contributed by atoms with Crippen molar-refractivity contribution in [1.29, 1.82) is 5.26 Å². The maximum absolute atomic E-state index is 13.1. The molecule has 90 valence electrons. The van der Waals surface area contributed by atoms with Gasteiger partial charge in [0.15, 0.2) is 0 Å². The third kappa shape index (κ3) is 1.82. The molecule has 1 atom stereocenters. The number of nitrogens with zero attached hydrogens (tertiary/aromatic N) is 1. The molecule has 1 aliphatic rings. The van der Waals surface area contributed by atoms with Gasteiger partial charge in [0.25, 0.3) is 7.37 Å². The van der Waals surface area contributed by atoms with Crippen molar-refractivity contribution in [1.82, 2.24) is 0 Å². The molecule has 0 unspecified atom stereocenters. The first-order chi connectivity index (χ1) is 8.18. The van der Waals surface area contributed by atoms with E-state index in [4.69, 9.17) is 4.52 Å². The number of hydrogen-bond acceptors (Lipinski definition) is 3. The molecule has 0 spiro atoms. The van der Waals surface area contributed by atoms with Crippen molar-refractivity contribution < 1.29 is 9.09 Å². The molecular weight excluding hydrogens is 233 g/mol. The molecule has 1 fully saturated rings. The normalized spacial score (nSPS) is 20.9. The Hall–Kier alpha value is -1.10. The summed E-state index contributed by atoms with van der Waals surface area (Å²) in [6, 6.07) is 11.4. The van der Waals surface area contributed by atoms with Crippen molar-refractivity contribution in [3.05, 3.63) is 30.3 Å². The molecular formula is C13H16NO2P. The summed E-state index contributed by atoms with van der Waals surface area (Å²) >= 11 is 0. The minimum atomic E-state index is -3.07. The molecule has 17 heavy (non-hydrogen) atoms. The quantitative estimate of drug-likeness (QED) is 0.770. The third-order valence-electron chi connectivity index (χ3n) is 3.36. The van der Waals surface area contributed by atoms with E-state index in [0.29, 0.717) is 24.8 Å². The zero-order chi connectivity index (χ0) is 12.4. The Morgan fingerprint density at radius 2 is 2.06 bits per heavy atom. The van der Waals surface area contributed by atoms with E-state index in [-0.39, 0.29) is 0 Å². The van der Waals surface area contributed by atoms with Crippen LogP contribution in [0.5, 0.6) is 0 Å². The molecule has 4 heteroatoms. The molecule has 0 aromatic heterocycles. The molecule has 0 N–H and O–H groups in total. The van der Waals surface area contributed by atoms with Crippen molar-refractivity contribution >= 4 is 12.7 Å². The van der Waals surface area contributed by atoms with Crippen LogP contribution in [0.15, 0.2) is 30.3 Å². The predicted molar refractivity (Wildman–Crippen MR) is 67.5 cm³/mol. The summed E-state index contributed by atoms with van der Waals surface area (Å²) in [5.41, 5.74) is 0. The van der Waals surface area contributed by atoms with Gasteiger partial charge in [0.2, 0.25) is 0 Å². The van der Waals surface area contributed by atoms with Gasteiger partial charge < -0.3 is 4.52 Å². The lowest BCUT2D eigenvalue weighted by molar-refractivity contribution is 0.294. The lowest BCUT2D eigenvalue weighted by Gasteiger charge is -2.41. The molecule has 1 saturated carbocycles. The first-order valence-corrected chi connectivity index (χ1v) is 7.52. The minimum Gasteiger partial charge on any atom is -0.324 e. The van der Waals surface area contributed by atoms with Gasteiger partial charge in [-0.3, -0.25) is 4.57 Å². The van der Waals surface area contributed by atoms with E-state index < -0.39 is 12.5 Å². The fourth-order valence-electron chi connectivity index (χ4n) is 2.23. The van der Waals surface area contributed by atoms with Crippen molar-refractivity contribution in [3.8, 4) is 6.07 Å². The van der Waals surface area contributed by atoms with E-state index in [9.17, 15) is 9.83 Å². The average molecular weight is 249 g/mol. The van der Waals surface area contributed by atoms with Crippen molar-refractivity contribution in [2.24, 2.45) is 0 Å². The molecule has 0 bridgehead atoms. The number of benzene rings is 1. The highest BCUT2D eigenvalue weighted by Crippen LogP contribution is 2.65. The van der Waals surface area contributed by atoms with E-state index in [1.165, 1.54) is 0 Å². The van der Waals surface area contributed by atoms with Gasteiger partial charge in [-0.25, -0.2) is 0 Å². The molecule has 1 aromatic carbocycles. The first kappa shape index (κ1) is 12.4. The van der Waals surface area contributed by atoms with Crippen LogP contribution >= 0.6 is 7.37 Å². The standard InChI is InChI=1S/C13H16NO2P/c1-2-16-17(15,12-7-4-3-5-8-12)13(11-14)9-6-10-13/h3-5,7-8H,2,6,9-10H2,1H3/t17-/m0/s1. The molecule has 2 rings (SSSR count). The Kier molecular flexibility index (Phi) is 3.38. The Balaban J connectivity index is 2.47. The van der Waals surface area contributed by atoms with Crippen LogP contribution in [0.4, 0.5) is 0 Å². The van der Waals surface area contributed by atoms with E-state index in [0.717, 1.165) is 6.42 Å². The zero-order valence-corrected chi connectivity index (χ0v) is 10.8. The smallest absolute Gasteiger partial charge is 0.251 e. The molecule has 0 heterocycles. The van der Waals surface area contributed by atoms with Gasteiger partial charge in [0, 0.05) is 5.30 Å². The molecule has 0 radical (unpaired) electrons. The Morgan fingerprint density at radius 1 is 1.41 bits per heavy atom. The molecule has 1 aliphatic carbocycles. The second-order valence-corrected chi connectivity index (χ2v) is 7.04. The first-order valence-electron chi connectivity index (χ1n) is 5.90. The van der Waals surface area contributed by atoms with Gasteiger partial charge in [-0.2, -0.15) is 5.26 Å². The van der Waals surface area contributed by atoms with E-state index >= 15 is 0 Å². The van der Waals surface area contributed by atoms with Crippen LogP contribution in [0.2, 0.25) is 0 Å². The minimum absolute atomic E-state index is 0.371. The summed E-state index contributed by atoms with van der Waals surface area (Å²) in [4.78, 5) is 0. The van der Waals surface area contributed by atoms with E-state index in [1.807, 2.05) is 25.1 Å². The van der Waals surface area contributed by atoms with Crippen LogP contribution in [-0.4, -0.2) is 11.8 Å². The summed E-state index contributed by atoms with van der Waals surface area (Å²) in [6.45, 7) is 2.19. The van der Waals surface area contributed by atoms with Crippen LogP contribution in [-0.2, 0) is 9.09 Å². The van der Waals surface area contributed by atoms with Gasteiger partial charge in [-0.1, -0.05) is 18.2 Å². The van der Waals surface area contributed by atoms with Gasteiger partial charge in [0.05, 0.1) is 12.7 Å². The van der Waals surface area contributed by atoms with Crippen LogP contribution < -0.4 is 5.30 Å². The SMILES string of the molecule is CCO[P@@](=O)(c1ccccc1)C1(C#N)CCC1. The summed E-state index contributed by atoms with van der Waals surface area (Å²) in [5.74, 6) is 0. The molecule has 0 aliphatic heterocycles. The highest BCUT2D eigenvalue weighted by Gasteiger charge is 2.55. The van der Waals surface area contributed by atoms with Gasteiger partial charge >= 0.3 is 0 Å². The van der Waals surface area contributed by atoms with E-state index in [1.54, 1.807) is 12.1 Å². The molecule has 0 saturated heterocycles. The fraction of sp³-hybridized carbons (Fsp3) is 0.462. The fourth-order valence-corrected chi connectivity index (χ4v) is 5.09. The largest absolute Gasteiger partial charge is 0.324 e. The molecule has 1 aromatic rings. The van der Waals surface area contributed by atoms with Crippen LogP contribution in [0.3, 0.4) is 0 Å². The Bertz CT molecular complexity index is 474. The highest BCUT2D eigenvalue weighted by molar-refractivity contribution is 7.68. The average Bonchev–Trinajstić information content (AvgIpc) is 2.30. The van der Waals surface area contributed by atoms with Crippen molar-refractivity contribution in [3.63, 3.8) is 0 Å². The molecule has 0 amide bonds. The maximum atomic E-state index is 13.1. The summed E-state index contributed by atoms with van der Waals surface area (Å²) in [7, 11) is -3.07. The second kappa shape index (κ2) is 4.64. The van der Waals surface area contributed by atoms with Gasteiger partial charge in [-0.05, 0) is 38.3 Å². The predicted octanol–water partition coefficient (Wildman–Crippen LogP) is 3.07. The van der Waals surface area contributed by atoms with Gasteiger partial charge in [0.1, 0.15) is 5.16 Å². The third-order valence-corrected chi connectivity index (χ3v) is 6.63.